The predicted molar refractivity (Wildman–Crippen MR) is 53.6 cm³/mol. The Morgan fingerprint density at radius 2 is 2.56 bits per heavy atom. The molecule has 2 rings (SSSR count). The van der Waals surface area contributed by atoms with Crippen LogP contribution in [0, 0.1) is 0 Å². The van der Waals surface area contributed by atoms with Gasteiger partial charge in [-0.05, 0) is 0 Å². The molecule has 0 bridgehead atoms. The van der Waals surface area contributed by atoms with Crippen molar-refractivity contribution in [3.05, 3.63) is 0 Å². The molecule has 3 unspecified atom stereocenters. The Morgan fingerprint density at radius 1 is 2.00 bits per heavy atom. The monoisotopic (exact) mass is 200 g/mol. The van der Waals surface area contributed by atoms with E-state index in [1.165, 1.54) is 5.75 Å². The van der Waals surface area contributed by atoms with Crippen molar-refractivity contribution in [2.45, 2.75) is 4.58 Å². The Labute approximate surface area is 66.2 Å². The standard InChI is InChI=1S/C4H8OS4/c1-8(5)3-6-9-2-4(9)7-9/h3-5H,2H2,1H3. The van der Waals surface area contributed by atoms with Crippen molar-refractivity contribution < 1.29 is 4.55 Å². The summed E-state index contributed by atoms with van der Waals surface area (Å²) < 4.78 is 11.9. The van der Waals surface area contributed by atoms with Crippen molar-refractivity contribution in [3.8, 4) is 0 Å². The average Bonchev–Trinajstić information content (AvgIpc) is 2.44. The number of rotatable bonds is 2. The number of hydrogen-bond acceptors (Lipinski definition) is 3. The van der Waals surface area contributed by atoms with Gasteiger partial charge in [0.25, 0.3) is 0 Å². The van der Waals surface area contributed by atoms with E-state index in [0.717, 1.165) is 4.58 Å². The second-order valence-electron chi connectivity index (χ2n) is 2.07. The Bertz CT molecular complexity index is 167. The molecule has 0 saturated carbocycles. The highest BCUT2D eigenvalue weighted by atomic mass is 33.6. The van der Waals surface area contributed by atoms with Gasteiger partial charge in [-0.1, -0.05) is 32.4 Å². The number of fused-ring (bicyclic) bond motifs is 1. The van der Waals surface area contributed by atoms with E-state index in [1.807, 2.05) is 21.7 Å². The van der Waals surface area contributed by atoms with Crippen molar-refractivity contribution in [3.63, 3.8) is 0 Å². The smallest absolute Gasteiger partial charge is 0.0708 e. The quantitative estimate of drug-likeness (QED) is 0.420. The van der Waals surface area contributed by atoms with E-state index in [4.69, 9.17) is 4.55 Å². The van der Waals surface area contributed by atoms with Gasteiger partial charge in [-0.3, -0.25) is 0 Å². The zero-order chi connectivity index (χ0) is 6.48. The summed E-state index contributed by atoms with van der Waals surface area (Å²) in [6, 6.07) is 0. The molecule has 2 heterocycles. The molecule has 2 aliphatic heterocycles. The summed E-state index contributed by atoms with van der Waals surface area (Å²) in [4.78, 5) is 0. The SMILES string of the molecule is CS(O)=CSS12CC1S2. The van der Waals surface area contributed by atoms with Crippen LogP contribution in [0.2, 0.25) is 0 Å². The molecular formula is C4H8OS4. The van der Waals surface area contributed by atoms with Crippen LogP contribution < -0.4 is 0 Å². The lowest BCUT2D eigenvalue weighted by Gasteiger charge is -1.98. The average molecular weight is 200 g/mol. The summed E-state index contributed by atoms with van der Waals surface area (Å²) in [7, 11) is 3.40. The van der Waals surface area contributed by atoms with Crippen LogP contribution in [0.15, 0.2) is 0 Å². The maximum Gasteiger partial charge on any atom is 0.0708 e. The highest BCUT2D eigenvalue weighted by Crippen LogP contribution is 3.04. The minimum atomic E-state index is -0.450. The minimum Gasteiger partial charge on any atom is -0.337 e. The second kappa shape index (κ2) is 2.11. The first kappa shape index (κ1) is 6.91. The van der Waals surface area contributed by atoms with Crippen LogP contribution in [0.3, 0.4) is 0 Å². The third-order valence-corrected chi connectivity index (χ3v) is 12.9. The molecule has 1 N–H and O–H groups in total. The van der Waals surface area contributed by atoms with Crippen molar-refractivity contribution in [1.29, 1.82) is 0 Å². The minimum absolute atomic E-state index is 0.178. The van der Waals surface area contributed by atoms with E-state index in [0.29, 0.717) is 0 Å². The maximum atomic E-state index is 8.92. The maximum absolute atomic E-state index is 8.92. The molecule has 0 aromatic carbocycles. The molecule has 2 aliphatic rings. The molecule has 0 aromatic heterocycles. The van der Waals surface area contributed by atoms with Crippen LogP contribution in [-0.4, -0.2) is 25.8 Å². The van der Waals surface area contributed by atoms with Crippen LogP contribution in [0.4, 0.5) is 0 Å². The van der Waals surface area contributed by atoms with Gasteiger partial charge in [0.05, 0.1) is 4.58 Å². The topological polar surface area (TPSA) is 20.2 Å². The molecule has 9 heavy (non-hydrogen) atoms. The second-order valence-corrected chi connectivity index (χ2v) is 12.7. The van der Waals surface area contributed by atoms with E-state index in [-0.39, 0.29) is 8.09 Å². The third kappa shape index (κ3) is 1.30. The van der Waals surface area contributed by atoms with Gasteiger partial charge in [0, 0.05) is 16.7 Å². The molecular weight excluding hydrogens is 192 g/mol. The molecule has 2 fully saturated rings. The van der Waals surface area contributed by atoms with Gasteiger partial charge in [-0.15, -0.1) is 8.09 Å². The zero-order valence-corrected chi connectivity index (χ0v) is 8.21. The first-order valence-electron chi connectivity index (χ1n) is 2.56. The van der Waals surface area contributed by atoms with Gasteiger partial charge in [0.15, 0.2) is 0 Å². The lowest BCUT2D eigenvalue weighted by Crippen LogP contribution is -1.63. The first-order valence-corrected chi connectivity index (χ1v) is 8.88. The molecule has 2 saturated heterocycles. The van der Waals surface area contributed by atoms with Crippen LogP contribution in [0.1, 0.15) is 0 Å². The van der Waals surface area contributed by atoms with Crippen LogP contribution >= 0.6 is 40.4 Å². The molecule has 1 nitrogen and oxygen atoms in total. The molecule has 0 amide bonds. The van der Waals surface area contributed by atoms with Gasteiger partial charge >= 0.3 is 0 Å². The van der Waals surface area contributed by atoms with Gasteiger partial charge < -0.3 is 4.55 Å². The van der Waals surface area contributed by atoms with Gasteiger partial charge in [-0.25, -0.2) is 0 Å². The van der Waals surface area contributed by atoms with E-state index >= 15 is 0 Å². The Kier molecular flexibility index (Phi) is 1.62. The first-order chi connectivity index (χ1) is 4.23. The number of hydrogen-bond donors (Lipinski definition) is 1. The highest BCUT2D eigenvalue weighted by molar-refractivity contribution is 9.41. The lowest BCUT2D eigenvalue weighted by atomic mass is 11.0. The molecule has 0 spiro atoms. The zero-order valence-electron chi connectivity index (χ0n) is 4.94. The van der Waals surface area contributed by atoms with Crippen molar-refractivity contribution in [2.75, 3.05) is 12.0 Å². The summed E-state index contributed by atoms with van der Waals surface area (Å²) in [5, 5.41) is 0. The molecule has 0 aromatic rings. The van der Waals surface area contributed by atoms with Crippen molar-refractivity contribution in [1.82, 2.24) is 0 Å². The molecule has 0 aliphatic carbocycles. The Morgan fingerprint density at radius 3 is 2.89 bits per heavy atom. The fraction of sp³-hybridized carbons (Fsp3) is 0.750. The molecule has 3 atom stereocenters. The lowest BCUT2D eigenvalue weighted by molar-refractivity contribution is 0.666. The largest absolute Gasteiger partial charge is 0.337 e. The molecule has 0 radical (unpaired) electrons. The highest BCUT2D eigenvalue weighted by Gasteiger charge is 2.67. The van der Waals surface area contributed by atoms with Crippen LogP contribution in [0.25, 0.3) is 0 Å². The summed E-state index contributed by atoms with van der Waals surface area (Å²) in [6.45, 7) is 0. The summed E-state index contributed by atoms with van der Waals surface area (Å²) in [6.07, 6.45) is 1.84. The van der Waals surface area contributed by atoms with E-state index in [9.17, 15) is 0 Å². The van der Waals surface area contributed by atoms with E-state index in [1.54, 1.807) is 0 Å². The van der Waals surface area contributed by atoms with Crippen molar-refractivity contribution in [2.24, 2.45) is 0 Å². The predicted octanol–water partition coefficient (Wildman–Crippen LogP) is 2.57. The normalized spacial score (nSPS) is 55.6. The van der Waals surface area contributed by atoms with E-state index in [2.05, 4.69) is 10.8 Å². The van der Waals surface area contributed by atoms with E-state index < -0.39 is 10.8 Å². The van der Waals surface area contributed by atoms with Crippen molar-refractivity contribution >= 4 is 45.1 Å². The summed E-state index contributed by atoms with van der Waals surface area (Å²) in [5.41, 5.74) is 0. The fourth-order valence-electron chi connectivity index (χ4n) is 0.549. The molecule has 54 valence electrons. The van der Waals surface area contributed by atoms with Gasteiger partial charge in [0.2, 0.25) is 0 Å². The van der Waals surface area contributed by atoms with Gasteiger partial charge in [0.1, 0.15) is 0 Å². The fourth-order valence-corrected chi connectivity index (χ4v) is 12.5. The molecule has 5 heteroatoms. The summed E-state index contributed by atoms with van der Waals surface area (Å²) in [5.74, 6) is 1.45. The Hall–Kier alpha value is 1.23. The summed E-state index contributed by atoms with van der Waals surface area (Å²) >= 11 is 0. The van der Waals surface area contributed by atoms with Gasteiger partial charge in [-0.2, -0.15) is 0 Å². The van der Waals surface area contributed by atoms with Crippen LogP contribution in [-0.2, 0) is 0 Å². The van der Waals surface area contributed by atoms with Crippen LogP contribution in [0.5, 0.6) is 0 Å². The Balaban J connectivity index is 1.85. The third-order valence-electron chi connectivity index (χ3n) is 1.23.